The Kier molecular flexibility index (Phi) is 6.42. The number of para-hydroxylation sites is 2. The molecular formula is C23H29N3O3. The fourth-order valence-corrected chi connectivity index (χ4v) is 3.49. The zero-order valence-electron chi connectivity index (χ0n) is 17.7. The molecular weight excluding hydrogens is 366 g/mol. The third kappa shape index (κ3) is 4.36. The molecule has 6 nitrogen and oxygen atoms in total. The highest BCUT2D eigenvalue weighted by Crippen LogP contribution is 2.28. The highest BCUT2D eigenvalue weighted by Gasteiger charge is 2.22. The largest absolute Gasteiger partial charge is 0.493 e. The van der Waals surface area contributed by atoms with Crippen LogP contribution in [-0.2, 0) is 6.54 Å². The van der Waals surface area contributed by atoms with E-state index < -0.39 is 0 Å². The van der Waals surface area contributed by atoms with Gasteiger partial charge in [-0.1, -0.05) is 32.9 Å². The van der Waals surface area contributed by atoms with Gasteiger partial charge in [0, 0.05) is 12.1 Å². The topological polar surface area (TPSA) is 65.4 Å². The van der Waals surface area contributed by atoms with Gasteiger partial charge < -0.3 is 19.4 Å². The van der Waals surface area contributed by atoms with E-state index in [1.54, 1.807) is 32.4 Å². The number of hydrogen-bond donors (Lipinski definition) is 1. The Bertz CT molecular complexity index is 994. The van der Waals surface area contributed by atoms with Gasteiger partial charge in [-0.05, 0) is 42.7 Å². The number of amides is 1. The molecule has 1 N–H and O–H groups in total. The maximum atomic E-state index is 13.0. The standard InChI is InChI=1S/C23H29N3O3/c1-6-17(25-23(27)16-11-12-20(28-4)21(13-16)29-5)22-24-18-9-7-8-10-19(18)26(22)14-15(2)3/h7-13,15,17H,6,14H2,1-5H3,(H,25,27). The van der Waals surface area contributed by atoms with Gasteiger partial charge in [0.05, 0.1) is 31.3 Å². The molecule has 1 aromatic heterocycles. The van der Waals surface area contributed by atoms with Crippen LogP contribution in [0.2, 0.25) is 0 Å². The van der Waals surface area contributed by atoms with Crippen LogP contribution in [0.3, 0.4) is 0 Å². The summed E-state index contributed by atoms with van der Waals surface area (Å²) in [6.45, 7) is 7.26. The van der Waals surface area contributed by atoms with Crippen molar-refractivity contribution >= 4 is 16.9 Å². The molecule has 0 spiro atoms. The highest BCUT2D eigenvalue weighted by molar-refractivity contribution is 5.95. The maximum absolute atomic E-state index is 13.0. The summed E-state index contributed by atoms with van der Waals surface area (Å²) in [6, 6.07) is 13.1. The van der Waals surface area contributed by atoms with Crippen LogP contribution < -0.4 is 14.8 Å². The summed E-state index contributed by atoms with van der Waals surface area (Å²) in [5, 5.41) is 3.14. The van der Waals surface area contributed by atoms with E-state index >= 15 is 0 Å². The summed E-state index contributed by atoms with van der Waals surface area (Å²) in [6.07, 6.45) is 0.737. The molecule has 1 amide bonds. The van der Waals surface area contributed by atoms with Crippen molar-refractivity contribution in [1.82, 2.24) is 14.9 Å². The number of carbonyl (C=O) groups is 1. The van der Waals surface area contributed by atoms with Crippen LogP contribution in [0.4, 0.5) is 0 Å². The first-order valence-corrected chi connectivity index (χ1v) is 9.96. The highest BCUT2D eigenvalue weighted by atomic mass is 16.5. The van der Waals surface area contributed by atoms with Gasteiger partial charge in [-0.15, -0.1) is 0 Å². The molecule has 0 bridgehead atoms. The van der Waals surface area contributed by atoms with Crippen LogP contribution in [0.25, 0.3) is 11.0 Å². The first-order valence-electron chi connectivity index (χ1n) is 9.96. The molecule has 2 aromatic carbocycles. The van der Waals surface area contributed by atoms with Crippen LogP contribution in [-0.4, -0.2) is 29.7 Å². The number of benzene rings is 2. The van der Waals surface area contributed by atoms with E-state index in [1.165, 1.54) is 0 Å². The third-order valence-electron chi connectivity index (χ3n) is 4.90. The fraction of sp³-hybridized carbons (Fsp3) is 0.391. The smallest absolute Gasteiger partial charge is 0.252 e. The number of aromatic nitrogens is 2. The number of nitrogens with one attached hydrogen (secondary N) is 1. The van der Waals surface area contributed by atoms with Crippen molar-refractivity contribution in [2.45, 2.75) is 39.8 Å². The Morgan fingerprint density at radius 3 is 2.48 bits per heavy atom. The molecule has 0 fully saturated rings. The molecule has 0 aliphatic heterocycles. The number of carbonyl (C=O) groups excluding carboxylic acids is 1. The molecule has 3 rings (SSSR count). The third-order valence-corrected chi connectivity index (χ3v) is 4.90. The summed E-state index contributed by atoms with van der Waals surface area (Å²) in [5.41, 5.74) is 2.56. The molecule has 154 valence electrons. The summed E-state index contributed by atoms with van der Waals surface area (Å²) in [4.78, 5) is 17.8. The van der Waals surface area contributed by atoms with Crippen molar-refractivity contribution in [2.24, 2.45) is 5.92 Å². The first-order chi connectivity index (χ1) is 14.0. The van der Waals surface area contributed by atoms with E-state index in [9.17, 15) is 4.79 Å². The minimum absolute atomic E-state index is 0.166. The summed E-state index contributed by atoms with van der Waals surface area (Å²) >= 11 is 0. The molecule has 0 aliphatic rings. The monoisotopic (exact) mass is 395 g/mol. The second kappa shape index (κ2) is 8.99. The van der Waals surface area contributed by atoms with Crippen molar-refractivity contribution in [3.63, 3.8) is 0 Å². The zero-order valence-corrected chi connectivity index (χ0v) is 17.7. The van der Waals surface area contributed by atoms with Gasteiger partial charge in [0.25, 0.3) is 5.91 Å². The summed E-state index contributed by atoms with van der Waals surface area (Å²) < 4.78 is 12.8. The average molecular weight is 396 g/mol. The fourth-order valence-electron chi connectivity index (χ4n) is 3.49. The Balaban J connectivity index is 1.93. The summed E-state index contributed by atoms with van der Waals surface area (Å²) in [7, 11) is 3.13. The molecule has 3 aromatic rings. The van der Waals surface area contributed by atoms with Gasteiger partial charge in [0.15, 0.2) is 11.5 Å². The molecule has 1 unspecified atom stereocenters. The molecule has 0 saturated carbocycles. The SMILES string of the molecule is CCC(NC(=O)c1ccc(OC)c(OC)c1)c1nc2ccccc2n1CC(C)C. The van der Waals surface area contributed by atoms with Gasteiger partial charge in [0.2, 0.25) is 0 Å². The predicted octanol–water partition coefficient (Wildman–Crippen LogP) is 4.59. The van der Waals surface area contributed by atoms with E-state index in [0.29, 0.717) is 23.0 Å². The Hall–Kier alpha value is -3.02. The molecule has 1 atom stereocenters. The van der Waals surface area contributed by atoms with Crippen molar-refractivity contribution in [3.05, 3.63) is 53.9 Å². The molecule has 0 radical (unpaired) electrons. The molecule has 29 heavy (non-hydrogen) atoms. The van der Waals surface area contributed by atoms with Crippen molar-refractivity contribution in [3.8, 4) is 11.5 Å². The van der Waals surface area contributed by atoms with Crippen molar-refractivity contribution < 1.29 is 14.3 Å². The lowest BCUT2D eigenvalue weighted by Gasteiger charge is -2.20. The number of hydrogen-bond acceptors (Lipinski definition) is 4. The average Bonchev–Trinajstić information content (AvgIpc) is 3.09. The number of nitrogens with zero attached hydrogens (tertiary/aromatic N) is 2. The lowest BCUT2D eigenvalue weighted by Crippen LogP contribution is -2.30. The van der Waals surface area contributed by atoms with Gasteiger partial charge >= 0.3 is 0 Å². The number of fused-ring (bicyclic) bond motifs is 1. The number of ether oxygens (including phenoxy) is 2. The molecule has 0 saturated heterocycles. The van der Waals surface area contributed by atoms with Gasteiger partial charge in [-0.2, -0.15) is 0 Å². The molecule has 6 heteroatoms. The van der Waals surface area contributed by atoms with E-state index in [4.69, 9.17) is 14.5 Å². The van der Waals surface area contributed by atoms with Crippen LogP contribution in [0.15, 0.2) is 42.5 Å². The van der Waals surface area contributed by atoms with Gasteiger partial charge in [0.1, 0.15) is 5.82 Å². The van der Waals surface area contributed by atoms with Crippen LogP contribution in [0, 0.1) is 5.92 Å². The van der Waals surface area contributed by atoms with Crippen LogP contribution >= 0.6 is 0 Å². The Morgan fingerprint density at radius 1 is 1.10 bits per heavy atom. The van der Waals surface area contributed by atoms with Crippen molar-refractivity contribution in [2.75, 3.05) is 14.2 Å². The summed E-state index contributed by atoms with van der Waals surface area (Å²) in [5.74, 6) is 2.30. The number of imidazole rings is 1. The second-order valence-corrected chi connectivity index (χ2v) is 7.47. The van der Waals surface area contributed by atoms with E-state index in [-0.39, 0.29) is 11.9 Å². The number of rotatable bonds is 8. The first kappa shape index (κ1) is 20.7. The Morgan fingerprint density at radius 2 is 1.83 bits per heavy atom. The number of methoxy groups -OCH3 is 2. The molecule has 0 aliphatic carbocycles. The lowest BCUT2D eigenvalue weighted by molar-refractivity contribution is 0.0932. The van der Waals surface area contributed by atoms with Gasteiger partial charge in [-0.3, -0.25) is 4.79 Å². The van der Waals surface area contributed by atoms with E-state index in [2.05, 4.69) is 36.7 Å². The van der Waals surface area contributed by atoms with Crippen LogP contribution in [0.5, 0.6) is 11.5 Å². The van der Waals surface area contributed by atoms with Gasteiger partial charge in [-0.25, -0.2) is 4.98 Å². The Labute approximate surface area is 171 Å². The normalized spacial score (nSPS) is 12.2. The van der Waals surface area contributed by atoms with Crippen molar-refractivity contribution in [1.29, 1.82) is 0 Å². The molecule has 1 heterocycles. The van der Waals surface area contributed by atoms with E-state index in [0.717, 1.165) is 29.8 Å². The van der Waals surface area contributed by atoms with E-state index in [1.807, 2.05) is 18.2 Å². The lowest BCUT2D eigenvalue weighted by atomic mass is 10.1. The minimum Gasteiger partial charge on any atom is -0.493 e. The second-order valence-electron chi connectivity index (χ2n) is 7.47. The quantitative estimate of drug-likeness (QED) is 0.606. The minimum atomic E-state index is -0.193. The maximum Gasteiger partial charge on any atom is 0.252 e. The zero-order chi connectivity index (χ0) is 21.0. The van der Waals surface area contributed by atoms with Crippen LogP contribution in [0.1, 0.15) is 49.4 Å². The predicted molar refractivity (Wildman–Crippen MR) is 115 cm³/mol.